The van der Waals surface area contributed by atoms with Gasteiger partial charge in [-0.3, -0.25) is 0 Å². The first-order valence-corrected chi connectivity index (χ1v) is 6.84. The van der Waals surface area contributed by atoms with Crippen molar-refractivity contribution in [3.8, 4) is 11.8 Å². The lowest BCUT2D eigenvalue weighted by Crippen LogP contribution is -2.08. The first-order chi connectivity index (χ1) is 8.81. The van der Waals surface area contributed by atoms with E-state index in [9.17, 15) is 5.26 Å². The van der Waals surface area contributed by atoms with Crippen molar-refractivity contribution in [2.75, 3.05) is 0 Å². The second-order valence-corrected chi connectivity index (χ2v) is 5.32. The van der Waals surface area contributed by atoms with E-state index in [1.807, 2.05) is 24.5 Å². The molecule has 0 N–H and O–H groups in total. The second-order valence-electron chi connectivity index (χ2n) is 4.46. The van der Waals surface area contributed by atoms with Crippen LogP contribution in [-0.2, 0) is 12.8 Å². The number of halogens is 1. The first kappa shape index (κ1) is 11.5. The van der Waals surface area contributed by atoms with Crippen LogP contribution >= 0.6 is 15.9 Å². The van der Waals surface area contributed by atoms with Crippen molar-refractivity contribution in [2.45, 2.75) is 25.7 Å². The fourth-order valence-corrected chi connectivity index (χ4v) is 2.95. The minimum atomic E-state index is 0.670. The monoisotopic (exact) mass is 301 g/mol. The smallest absolute Gasteiger partial charge is 0.103 e. The van der Waals surface area contributed by atoms with Crippen LogP contribution in [0.15, 0.2) is 29.0 Å². The summed E-state index contributed by atoms with van der Waals surface area (Å²) in [6.07, 6.45) is 6.37. The molecule has 0 amide bonds. The van der Waals surface area contributed by atoms with Gasteiger partial charge in [-0.2, -0.15) is 5.26 Å². The molecule has 1 aliphatic rings. The number of nitriles is 1. The number of aromatic nitrogens is 2. The summed E-state index contributed by atoms with van der Waals surface area (Å²) in [6.45, 7) is 0. The van der Waals surface area contributed by atoms with Crippen LogP contribution in [0, 0.1) is 11.3 Å². The minimum absolute atomic E-state index is 0.670. The van der Waals surface area contributed by atoms with E-state index in [2.05, 4.69) is 31.6 Å². The SMILES string of the molecule is N#Cc1c(Br)cccc1-n1cnc2c1CCCC2. The van der Waals surface area contributed by atoms with Crippen molar-refractivity contribution in [1.29, 1.82) is 5.26 Å². The zero-order chi connectivity index (χ0) is 12.5. The second kappa shape index (κ2) is 4.58. The van der Waals surface area contributed by atoms with Gasteiger partial charge in [-0.15, -0.1) is 0 Å². The minimum Gasteiger partial charge on any atom is -0.302 e. The fourth-order valence-electron chi connectivity index (χ4n) is 2.50. The molecule has 1 heterocycles. The van der Waals surface area contributed by atoms with E-state index in [-0.39, 0.29) is 0 Å². The van der Waals surface area contributed by atoms with Crippen LogP contribution in [0.1, 0.15) is 29.8 Å². The van der Waals surface area contributed by atoms with E-state index < -0.39 is 0 Å². The average Bonchev–Trinajstić information content (AvgIpc) is 2.82. The molecule has 2 aromatic rings. The third kappa shape index (κ3) is 1.75. The molecule has 0 spiro atoms. The van der Waals surface area contributed by atoms with Crippen molar-refractivity contribution in [1.82, 2.24) is 9.55 Å². The highest BCUT2D eigenvalue weighted by atomic mass is 79.9. The molecule has 1 aromatic heterocycles. The number of aryl methyl sites for hydroxylation is 1. The van der Waals surface area contributed by atoms with Gasteiger partial charge >= 0.3 is 0 Å². The summed E-state index contributed by atoms with van der Waals surface area (Å²) >= 11 is 3.43. The molecule has 3 rings (SSSR count). The van der Waals surface area contributed by atoms with Gasteiger partial charge in [-0.25, -0.2) is 4.98 Å². The van der Waals surface area contributed by atoms with Crippen LogP contribution in [0.2, 0.25) is 0 Å². The van der Waals surface area contributed by atoms with Crippen molar-refractivity contribution in [2.24, 2.45) is 0 Å². The van der Waals surface area contributed by atoms with Gasteiger partial charge in [0.15, 0.2) is 0 Å². The van der Waals surface area contributed by atoms with Crippen LogP contribution in [0.4, 0.5) is 0 Å². The molecule has 0 unspecified atom stereocenters. The van der Waals surface area contributed by atoms with Crippen molar-refractivity contribution in [3.63, 3.8) is 0 Å². The van der Waals surface area contributed by atoms with E-state index >= 15 is 0 Å². The van der Waals surface area contributed by atoms with Gasteiger partial charge in [0.1, 0.15) is 6.07 Å². The topological polar surface area (TPSA) is 41.6 Å². The quantitative estimate of drug-likeness (QED) is 0.810. The average molecular weight is 302 g/mol. The van der Waals surface area contributed by atoms with Gasteiger partial charge < -0.3 is 4.57 Å². The fraction of sp³-hybridized carbons (Fsp3) is 0.286. The molecule has 0 bridgehead atoms. The maximum Gasteiger partial charge on any atom is 0.103 e. The van der Waals surface area contributed by atoms with Crippen LogP contribution in [0.3, 0.4) is 0 Å². The lowest BCUT2D eigenvalue weighted by Gasteiger charge is -2.15. The largest absolute Gasteiger partial charge is 0.302 e. The highest BCUT2D eigenvalue weighted by Crippen LogP contribution is 2.27. The predicted molar refractivity (Wildman–Crippen MR) is 72.6 cm³/mol. The van der Waals surface area contributed by atoms with Gasteiger partial charge in [0.05, 0.1) is 23.3 Å². The van der Waals surface area contributed by atoms with Crippen molar-refractivity contribution >= 4 is 15.9 Å². The summed E-state index contributed by atoms with van der Waals surface area (Å²) in [5.41, 5.74) is 4.03. The Labute approximate surface area is 114 Å². The standard InChI is InChI=1S/C14H12BrN3/c15-11-4-3-7-13(10(11)8-16)18-9-17-12-5-1-2-6-14(12)18/h3-4,7,9H,1-2,5-6H2. The lowest BCUT2D eigenvalue weighted by molar-refractivity contribution is 0.656. The summed E-state index contributed by atoms with van der Waals surface area (Å²) in [5, 5.41) is 9.29. The molecular weight excluding hydrogens is 290 g/mol. The number of benzene rings is 1. The van der Waals surface area contributed by atoms with Crippen molar-refractivity contribution in [3.05, 3.63) is 46.0 Å². The Morgan fingerprint density at radius 2 is 2.11 bits per heavy atom. The molecule has 0 fully saturated rings. The maximum atomic E-state index is 9.29. The molecule has 0 saturated carbocycles. The van der Waals surface area contributed by atoms with Crippen molar-refractivity contribution < 1.29 is 0 Å². The summed E-state index contributed by atoms with van der Waals surface area (Å²) in [7, 11) is 0. The molecule has 18 heavy (non-hydrogen) atoms. The molecule has 0 saturated heterocycles. The van der Waals surface area contributed by atoms with Crippen LogP contribution in [-0.4, -0.2) is 9.55 Å². The van der Waals surface area contributed by atoms with E-state index in [1.165, 1.54) is 24.2 Å². The molecule has 0 radical (unpaired) electrons. The van der Waals surface area contributed by atoms with Gasteiger partial charge in [0, 0.05) is 10.2 Å². The van der Waals surface area contributed by atoms with E-state index in [1.54, 1.807) is 0 Å². The third-order valence-corrected chi connectivity index (χ3v) is 4.05. The van der Waals surface area contributed by atoms with Gasteiger partial charge in [0.2, 0.25) is 0 Å². The van der Waals surface area contributed by atoms with E-state index in [0.717, 1.165) is 23.0 Å². The predicted octanol–water partition coefficient (Wildman–Crippen LogP) is 3.39. The molecule has 1 aliphatic carbocycles. The van der Waals surface area contributed by atoms with Gasteiger partial charge in [-0.1, -0.05) is 6.07 Å². The van der Waals surface area contributed by atoms with Gasteiger partial charge in [-0.05, 0) is 53.7 Å². The first-order valence-electron chi connectivity index (χ1n) is 6.05. The van der Waals surface area contributed by atoms with E-state index in [4.69, 9.17) is 0 Å². The molecule has 0 atom stereocenters. The number of rotatable bonds is 1. The Balaban J connectivity index is 2.19. The van der Waals surface area contributed by atoms with Crippen LogP contribution in [0.25, 0.3) is 5.69 Å². The maximum absolute atomic E-state index is 9.29. The molecule has 1 aromatic carbocycles. The molecule has 4 heteroatoms. The van der Waals surface area contributed by atoms with Crippen LogP contribution in [0.5, 0.6) is 0 Å². The Morgan fingerprint density at radius 3 is 2.94 bits per heavy atom. The highest BCUT2D eigenvalue weighted by molar-refractivity contribution is 9.10. The Bertz CT molecular complexity index is 637. The lowest BCUT2D eigenvalue weighted by atomic mass is 10.0. The number of fused-ring (bicyclic) bond motifs is 1. The summed E-state index contributed by atoms with van der Waals surface area (Å²) in [4.78, 5) is 4.48. The Hall–Kier alpha value is -1.60. The number of hydrogen-bond donors (Lipinski definition) is 0. The highest BCUT2D eigenvalue weighted by Gasteiger charge is 2.18. The molecule has 90 valence electrons. The molecular formula is C14H12BrN3. The summed E-state index contributed by atoms with van der Waals surface area (Å²) < 4.78 is 2.90. The number of imidazole rings is 1. The molecule has 0 aliphatic heterocycles. The summed E-state index contributed by atoms with van der Waals surface area (Å²) in [6, 6.07) is 8.08. The van der Waals surface area contributed by atoms with Crippen LogP contribution < -0.4 is 0 Å². The third-order valence-electron chi connectivity index (χ3n) is 3.39. The summed E-state index contributed by atoms with van der Waals surface area (Å²) in [5.74, 6) is 0. The normalized spacial score (nSPS) is 14.0. The Morgan fingerprint density at radius 1 is 1.28 bits per heavy atom. The zero-order valence-corrected chi connectivity index (χ0v) is 11.4. The Kier molecular flexibility index (Phi) is 2.92. The van der Waals surface area contributed by atoms with Gasteiger partial charge in [0.25, 0.3) is 0 Å². The van der Waals surface area contributed by atoms with E-state index in [0.29, 0.717) is 5.56 Å². The molecule has 3 nitrogen and oxygen atoms in total. The zero-order valence-electron chi connectivity index (χ0n) is 9.86. The number of hydrogen-bond acceptors (Lipinski definition) is 2. The number of nitrogens with zero attached hydrogens (tertiary/aromatic N) is 3.